The molecule has 1 N–H and O–H groups in total. The summed E-state index contributed by atoms with van der Waals surface area (Å²) in [6, 6.07) is 1.88. The lowest BCUT2D eigenvalue weighted by Gasteiger charge is -2.37. The number of benzene rings is 1. The minimum absolute atomic E-state index is 0.0197. The monoisotopic (exact) mass is 337 g/mol. The Kier molecular flexibility index (Phi) is 3.76. The van der Waals surface area contributed by atoms with Crippen molar-refractivity contribution >= 4 is 22.4 Å². The van der Waals surface area contributed by atoms with E-state index in [1.807, 2.05) is 6.07 Å². The normalized spacial score (nSPS) is 15.7. The lowest BCUT2D eigenvalue weighted by molar-refractivity contribution is 0.0978. The van der Waals surface area contributed by atoms with Crippen molar-refractivity contribution in [1.82, 2.24) is 0 Å². The minimum Gasteiger partial charge on any atom is -0.506 e. The highest BCUT2D eigenvalue weighted by Crippen LogP contribution is 2.42. The first-order valence-corrected chi connectivity index (χ1v) is 8.68. The van der Waals surface area contributed by atoms with Crippen LogP contribution in [0.5, 0.6) is 5.75 Å². The fraction of sp³-hybridized carbons (Fsp3) is 0.400. The van der Waals surface area contributed by atoms with Gasteiger partial charge in [-0.1, -0.05) is 0 Å². The van der Waals surface area contributed by atoms with Gasteiger partial charge >= 0.3 is 5.63 Å². The molecule has 1 aromatic carbocycles. The van der Waals surface area contributed by atoms with Crippen molar-refractivity contribution < 1.29 is 14.3 Å². The summed E-state index contributed by atoms with van der Waals surface area (Å²) in [4.78, 5) is 27.0. The molecule has 0 atom stereocenters. The van der Waals surface area contributed by atoms with Gasteiger partial charge in [0.1, 0.15) is 16.9 Å². The van der Waals surface area contributed by atoms with Gasteiger partial charge in [-0.05, 0) is 37.3 Å². The van der Waals surface area contributed by atoms with Gasteiger partial charge in [0.2, 0.25) is 0 Å². The van der Waals surface area contributed by atoms with E-state index >= 15 is 0 Å². The van der Waals surface area contributed by atoms with Crippen LogP contribution in [0.1, 0.15) is 47.2 Å². The number of fused-ring (bicyclic) bond motifs is 2. The van der Waals surface area contributed by atoms with Crippen LogP contribution in [0, 0.1) is 12.3 Å². The average molecular weight is 337 g/mol. The standard InChI is InChI=1S/C20H19NO4/c1-2-3-8-15(22)16-18(23)14-11-12-6-4-9-21-10-5-7-13(17(12)21)19(14)25-20(16)24/h1,11,23H,3-10H2. The summed E-state index contributed by atoms with van der Waals surface area (Å²) < 4.78 is 5.53. The van der Waals surface area contributed by atoms with Gasteiger partial charge in [-0.15, -0.1) is 12.3 Å². The van der Waals surface area contributed by atoms with E-state index in [0.717, 1.165) is 55.6 Å². The fourth-order valence-corrected chi connectivity index (χ4v) is 4.06. The van der Waals surface area contributed by atoms with Crippen LogP contribution in [0.15, 0.2) is 15.3 Å². The molecule has 0 radical (unpaired) electrons. The molecular weight excluding hydrogens is 318 g/mol. The number of ketones is 1. The van der Waals surface area contributed by atoms with Crippen molar-refractivity contribution in [3.05, 3.63) is 33.2 Å². The van der Waals surface area contributed by atoms with Crippen LogP contribution in [0.2, 0.25) is 0 Å². The van der Waals surface area contributed by atoms with E-state index in [0.29, 0.717) is 11.0 Å². The molecule has 2 aliphatic rings. The molecule has 1 aromatic heterocycles. The third kappa shape index (κ3) is 2.41. The second-order valence-corrected chi connectivity index (χ2v) is 6.67. The third-order valence-corrected chi connectivity index (χ3v) is 5.14. The van der Waals surface area contributed by atoms with Gasteiger partial charge in [0, 0.05) is 37.2 Å². The number of hydrogen-bond acceptors (Lipinski definition) is 5. The first-order chi connectivity index (χ1) is 12.1. The number of aryl methyl sites for hydroxylation is 2. The maximum absolute atomic E-state index is 12.4. The molecule has 5 nitrogen and oxygen atoms in total. The fourth-order valence-electron chi connectivity index (χ4n) is 4.06. The summed E-state index contributed by atoms with van der Waals surface area (Å²) in [5, 5.41) is 11.1. The Labute approximate surface area is 145 Å². The average Bonchev–Trinajstić information content (AvgIpc) is 2.61. The Bertz CT molecular complexity index is 978. The van der Waals surface area contributed by atoms with Crippen molar-refractivity contribution in [1.29, 1.82) is 0 Å². The lowest BCUT2D eigenvalue weighted by Crippen LogP contribution is -2.34. The van der Waals surface area contributed by atoms with Gasteiger partial charge < -0.3 is 14.4 Å². The summed E-state index contributed by atoms with van der Waals surface area (Å²) in [6.45, 7) is 2.01. The molecule has 0 spiro atoms. The summed E-state index contributed by atoms with van der Waals surface area (Å²) in [5.41, 5.74) is 2.64. The Morgan fingerprint density at radius 1 is 1.32 bits per heavy atom. The first kappa shape index (κ1) is 15.8. The molecule has 0 bridgehead atoms. The van der Waals surface area contributed by atoms with Crippen LogP contribution in [-0.4, -0.2) is 24.0 Å². The van der Waals surface area contributed by atoms with E-state index in [2.05, 4.69) is 10.8 Å². The molecule has 0 unspecified atom stereocenters. The van der Waals surface area contributed by atoms with E-state index in [9.17, 15) is 14.7 Å². The second kappa shape index (κ2) is 5.96. The zero-order valence-corrected chi connectivity index (χ0v) is 13.9. The number of hydrogen-bond donors (Lipinski definition) is 1. The van der Waals surface area contributed by atoms with Crippen LogP contribution < -0.4 is 10.5 Å². The largest absolute Gasteiger partial charge is 0.506 e. The van der Waals surface area contributed by atoms with Crippen LogP contribution in [-0.2, 0) is 12.8 Å². The number of anilines is 1. The highest BCUT2D eigenvalue weighted by atomic mass is 16.4. The SMILES string of the molecule is C#CCCC(=O)c1c(O)c2cc3c4c(c2oc1=O)CCCN4CCC3. The predicted octanol–water partition coefficient (Wildman–Crippen LogP) is 2.79. The molecule has 0 saturated heterocycles. The van der Waals surface area contributed by atoms with E-state index in [1.54, 1.807) is 0 Å². The van der Waals surface area contributed by atoms with Crippen molar-refractivity contribution in [3.8, 4) is 18.1 Å². The third-order valence-electron chi connectivity index (χ3n) is 5.14. The van der Waals surface area contributed by atoms with Crippen LogP contribution in [0.3, 0.4) is 0 Å². The highest BCUT2D eigenvalue weighted by molar-refractivity contribution is 6.04. The summed E-state index contributed by atoms with van der Waals surface area (Å²) >= 11 is 0. The predicted molar refractivity (Wildman–Crippen MR) is 95.4 cm³/mol. The van der Waals surface area contributed by atoms with Crippen LogP contribution in [0.4, 0.5) is 5.69 Å². The summed E-state index contributed by atoms with van der Waals surface area (Å²) in [7, 11) is 0. The molecule has 0 saturated carbocycles. The molecule has 3 heterocycles. The van der Waals surface area contributed by atoms with Crippen molar-refractivity contribution in [2.24, 2.45) is 0 Å². The Balaban J connectivity index is 1.97. The Morgan fingerprint density at radius 3 is 2.84 bits per heavy atom. The van der Waals surface area contributed by atoms with E-state index in [1.165, 1.54) is 0 Å². The molecule has 0 amide bonds. The van der Waals surface area contributed by atoms with Gasteiger partial charge in [-0.25, -0.2) is 4.79 Å². The highest BCUT2D eigenvalue weighted by Gasteiger charge is 2.29. The number of carbonyl (C=O) groups excluding carboxylic acids is 1. The molecule has 4 rings (SSSR count). The maximum Gasteiger partial charge on any atom is 0.351 e. The zero-order valence-electron chi connectivity index (χ0n) is 13.9. The number of carbonyl (C=O) groups is 1. The molecule has 128 valence electrons. The number of Topliss-reactive ketones (excluding diaryl/α,β-unsaturated/α-hetero) is 1. The minimum atomic E-state index is -0.781. The van der Waals surface area contributed by atoms with Crippen molar-refractivity contribution in [3.63, 3.8) is 0 Å². The Hall–Kier alpha value is -2.74. The lowest BCUT2D eigenvalue weighted by atomic mass is 9.89. The van der Waals surface area contributed by atoms with Crippen LogP contribution >= 0.6 is 0 Å². The molecule has 2 aromatic rings. The number of terminal acetylenes is 1. The Morgan fingerprint density at radius 2 is 2.08 bits per heavy atom. The molecule has 0 fully saturated rings. The molecule has 25 heavy (non-hydrogen) atoms. The van der Waals surface area contributed by atoms with Gasteiger partial charge in [0.15, 0.2) is 5.78 Å². The number of aromatic hydroxyl groups is 1. The topological polar surface area (TPSA) is 70.7 Å². The smallest absolute Gasteiger partial charge is 0.351 e. The van der Waals surface area contributed by atoms with Crippen molar-refractivity contribution in [2.45, 2.75) is 38.5 Å². The van der Waals surface area contributed by atoms with Gasteiger partial charge in [-0.3, -0.25) is 4.79 Å². The number of rotatable bonds is 3. The van der Waals surface area contributed by atoms with Gasteiger partial charge in [0.05, 0.1) is 5.39 Å². The summed E-state index contributed by atoms with van der Waals surface area (Å²) in [6.07, 6.45) is 9.20. The molecule has 5 heteroatoms. The molecular formula is C20H19NO4. The van der Waals surface area contributed by atoms with E-state index < -0.39 is 11.4 Å². The van der Waals surface area contributed by atoms with Crippen molar-refractivity contribution in [2.75, 3.05) is 18.0 Å². The van der Waals surface area contributed by atoms with Crippen LogP contribution in [0.25, 0.3) is 11.0 Å². The number of nitrogens with zero attached hydrogens (tertiary/aromatic N) is 1. The quantitative estimate of drug-likeness (QED) is 0.530. The molecule has 0 aliphatic carbocycles. The van der Waals surface area contributed by atoms with Gasteiger partial charge in [0.25, 0.3) is 0 Å². The summed E-state index contributed by atoms with van der Waals surface area (Å²) in [5.74, 6) is 1.63. The zero-order chi connectivity index (χ0) is 17.6. The molecule has 2 aliphatic heterocycles. The first-order valence-electron chi connectivity index (χ1n) is 8.68. The van der Waals surface area contributed by atoms with E-state index in [-0.39, 0.29) is 24.2 Å². The maximum atomic E-state index is 12.4. The van der Waals surface area contributed by atoms with E-state index in [4.69, 9.17) is 10.8 Å². The van der Waals surface area contributed by atoms with Gasteiger partial charge in [-0.2, -0.15) is 0 Å². The second-order valence-electron chi connectivity index (χ2n) is 6.67.